The highest BCUT2D eigenvalue weighted by Crippen LogP contribution is 2.34. The smallest absolute Gasteiger partial charge is 0.221 e. The molecule has 0 aromatic heterocycles. The van der Waals surface area contributed by atoms with E-state index in [1.54, 1.807) is 0 Å². The molecule has 0 spiro atoms. The Morgan fingerprint density at radius 3 is 2.38 bits per heavy atom. The summed E-state index contributed by atoms with van der Waals surface area (Å²) in [6.45, 7) is 0. The van der Waals surface area contributed by atoms with E-state index in [0.29, 0.717) is 12.1 Å². The van der Waals surface area contributed by atoms with Gasteiger partial charge in [0.2, 0.25) is 5.91 Å². The lowest BCUT2D eigenvalue weighted by Gasteiger charge is -2.36. The van der Waals surface area contributed by atoms with Gasteiger partial charge in [-0.3, -0.25) is 4.79 Å². The van der Waals surface area contributed by atoms with Gasteiger partial charge >= 0.3 is 0 Å². The van der Waals surface area contributed by atoms with Gasteiger partial charge in [0.1, 0.15) is 5.82 Å². The first-order valence-corrected chi connectivity index (χ1v) is 10.00. The Kier molecular flexibility index (Phi) is 4.92. The van der Waals surface area contributed by atoms with Crippen LogP contribution in [0.2, 0.25) is 0 Å². The van der Waals surface area contributed by atoms with E-state index < -0.39 is 15.7 Å². The highest BCUT2D eigenvalue weighted by Gasteiger charge is 2.38. The second-order valence-corrected chi connectivity index (χ2v) is 8.92. The van der Waals surface area contributed by atoms with Crippen molar-refractivity contribution in [3.05, 3.63) is 30.1 Å². The lowest BCUT2D eigenvalue weighted by atomic mass is 9.98. The van der Waals surface area contributed by atoms with Crippen molar-refractivity contribution in [2.75, 3.05) is 12.8 Å². The molecule has 0 saturated carbocycles. The fourth-order valence-electron chi connectivity index (χ4n) is 3.82. The predicted molar refractivity (Wildman–Crippen MR) is 88.8 cm³/mol. The lowest BCUT2D eigenvalue weighted by Crippen LogP contribution is -2.48. The Labute approximate surface area is 142 Å². The van der Waals surface area contributed by atoms with Crippen molar-refractivity contribution in [2.45, 2.75) is 55.1 Å². The molecule has 1 N–H and O–H groups in total. The second kappa shape index (κ2) is 6.80. The van der Waals surface area contributed by atoms with Gasteiger partial charge in [-0.05, 0) is 57.0 Å². The van der Waals surface area contributed by atoms with Crippen LogP contribution in [0.5, 0.6) is 0 Å². The van der Waals surface area contributed by atoms with Gasteiger partial charge in [-0.15, -0.1) is 0 Å². The van der Waals surface area contributed by atoms with E-state index >= 15 is 0 Å². The third kappa shape index (κ3) is 3.78. The molecule has 1 amide bonds. The van der Waals surface area contributed by atoms with Crippen molar-refractivity contribution in [2.24, 2.45) is 0 Å². The summed E-state index contributed by atoms with van der Waals surface area (Å²) in [5, 5.41) is 2.98. The molecule has 0 aliphatic carbocycles. The zero-order valence-electron chi connectivity index (χ0n) is 13.7. The molecule has 2 fully saturated rings. The summed E-state index contributed by atoms with van der Waals surface area (Å²) in [6.07, 6.45) is 4.15. The molecule has 0 radical (unpaired) electrons. The van der Waals surface area contributed by atoms with Crippen molar-refractivity contribution in [3.63, 3.8) is 0 Å². The quantitative estimate of drug-likeness (QED) is 0.818. The maximum Gasteiger partial charge on any atom is 0.221 e. The zero-order valence-corrected chi connectivity index (χ0v) is 14.6. The SMILES string of the molecule is CN1C2CCC1CC(NC(=O)CCS(=O)(=O)c1ccc(F)cc1)C2. The second-order valence-electron chi connectivity index (χ2n) is 6.81. The minimum absolute atomic E-state index is 0.0500. The van der Waals surface area contributed by atoms with Gasteiger partial charge in [0, 0.05) is 24.5 Å². The fraction of sp³-hybridized carbons (Fsp3) is 0.588. The van der Waals surface area contributed by atoms with Gasteiger partial charge in [-0.1, -0.05) is 0 Å². The molecule has 3 rings (SSSR count). The van der Waals surface area contributed by atoms with E-state index in [1.165, 1.54) is 25.0 Å². The van der Waals surface area contributed by atoms with Crippen LogP contribution < -0.4 is 5.32 Å². The maximum atomic E-state index is 12.9. The van der Waals surface area contributed by atoms with Crippen LogP contribution in [0.3, 0.4) is 0 Å². The molecule has 1 aromatic rings. The number of sulfone groups is 1. The highest BCUT2D eigenvalue weighted by atomic mass is 32.2. The minimum Gasteiger partial charge on any atom is -0.353 e. The van der Waals surface area contributed by atoms with Gasteiger partial charge in [0.15, 0.2) is 9.84 Å². The highest BCUT2D eigenvalue weighted by molar-refractivity contribution is 7.91. The number of carbonyl (C=O) groups excluding carboxylic acids is 1. The predicted octanol–water partition coefficient (Wildman–Crippen LogP) is 1.73. The minimum atomic E-state index is -3.57. The summed E-state index contributed by atoms with van der Waals surface area (Å²) in [6, 6.07) is 5.88. The first kappa shape index (κ1) is 17.4. The molecule has 2 bridgehead atoms. The number of fused-ring (bicyclic) bond motifs is 2. The molecular formula is C17H23FN2O3S. The Balaban J connectivity index is 1.51. The fourth-order valence-corrected chi connectivity index (χ4v) is 5.06. The van der Waals surface area contributed by atoms with E-state index in [1.807, 2.05) is 0 Å². The Morgan fingerprint density at radius 2 is 1.79 bits per heavy atom. The number of hydrogen-bond acceptors (Lipinski definition) is 4. The Bertz CT molecular complexity index is 691. The third-order valence-corrected chi connectivity index (χ3v) is 6.97. The van der Waals surface area contributed by atoms with Crippen LogP contribution >= 0.6 is 0 Å². The summed E-state index contributed by atoms with van der Waals surface area (Å²) < 4.78 is 37.3. The third-order valence-electron chi connectivity index (χ3n) is 5.23. The average Bonchev–Trinajstić information content (AvgIpc) is 2.74. The Morgan fingerprint density at radius 1 is 1.21 bits per heavy atom. The van der Waals surface area contributed by atoms with E-state index in [4.69, 9.17) is 0 Å². The van der Waals surface area contributed by atoms with Gasteiger partial charge in [0.05, 0.1) is 10.6 Å². The number of nitrogens with zero attached hydrogens (tertiary/aromatic N) is 1. The van der Waals surface area contributed by atoms with Gasteiger partial charge < -0.3 is 10.2 Å². The standard InChI is InChI=1S/C17H23FN2O3S/c1-20-14-4-5-15(20)11-13(10-14)19-17(21)8-9-24(22,23)16-6-2-12(18)3-7-16/h2-3,6-7,13-15H,4-5,8-11H2,1H3,(H,19,21). The van der Waals surface area contributed by atoms with Crippen LogP contribution in [0.25, 0.3) is 0 Å². The monoisotopic (exact) mass is 354 g/mol. The first-order valence-electron chi connectivity index (χ1n) is 8.35. The van der Waals surface area contributed by atoms with Crippen LogP contribution in [0, 0.1) is 5.82 Å². The molecule has 2 saturated heterocycles. The number of rotatable bonds is 5. The summed E-state index contributed by atoms with van der Waals surface area (Å²) in [7, 11) is -1.43. The first-order chi connectivity index (χ1) is 11.3. The van der Waals surface area contributed by atoms with Crippen molar-refractivity contribution in [1.29, 1.82) is 0 Å². The average molecular weight is 354 g/mol. The van der Waals surface area contributed by atoms with Crippen molar-refractivity contribution < 1.29 is 17.6 Å². The molecular weight excluding hydrogens is 331 g/mol. The van der Waals surface area contributed by atoms with Crippen molar-refractivity contribution in [1.82, 2.24) is 10.2 Å². The number of halogens is 1. The molecule has 2 aliphatic heterocycles. The van der Waals surface area contributed by atoms with Crippen LogP contribution in [0.1, 0.15) is 32.1 Å². The number of carbonyl (C=O) groups is 1. The van der Waals surface area contributed by atoms with E-state index in [-0.39, 0.29) is 29.0 Å². The van der Waals surface area contributed by atoms with Gasteiger partial charge in [0.25, 0.3) is 0 Å². The molecule has 24 heavy (non-hydrogen) atoms. The molecule has 2 unspecified atom stereocenters. The van der Waals surface area contributed by atoms with E-state index in [2.05, 4.69) is 17.3 Å². The molecule has 5 nitrogen and oxygen atoms in total. The largest absolute Gasteiger partial charge is 0.353 e. The number of benzene rings is 1. The summed E-state index contributed by atoms with van der Waals surface area (Å²) >= 11 is 0. The van der Waals surface area contributed by atoms with Gasteiger partial charge in [-0.25, -0.2) is 12.8 Å². The number of piperidine rings is 1. The number of hydrogen-bond donors (Lipinski definition) is 1. The van der Waals surface area contributed by atoms with Gasteiger partial charge in [-0.2, -0.15) is 0 Å². The van der Waals surface area contributed by atoms with Crippen molar-refractivity contribution in [3.8, 4) is 0 Å². The number of nitrogens with one attached hydrogen (secondary N) is 1. The van der Waals surface area contributed by atoms with Crippen LogP contribution in [-0.2, 0) is 14.6 Å². The van der Waals surface area contributed by atoms with E-state index in [0.717, 1.165) is 25.0 Å². The van der Waals surface area contributed by atoms with Crippen LogP contribution in [0.15, 0.2) is 29.2 Å². The maximum absolute atomic E-state index is 12.9. The van der Waals surface area contributed by atoms with Crippen LogP contribution in [-0.4, -0.2) is 50.2 Å². The van der Waals surface area contributed by atoms with Crippen LogP contribution in [0.4, 0.5) is 4.39 Å². The van der Waals surface area contributed by atoms with E-state index in [9.17, 15) is 17.6 Å². The summed E-state index contributed by atoms with van der Waals surface area (Å²) in [4.78, 5) is 14.6. The molecule has 132 valence electrons. The number of amides is 1. The topological polar surface area (TPSA) is 66.5 Å². The van der Waals surface area contributed by atoms with Crippen molar-refractivity contribution >= 4 is 15.7 Å². The molecule has 7 heteroatoms. The molecule has 2 aliphatic rings. The molecule has 1 aromatic carbocycles. The zero-order chi connectivity index (χ0) is 17.3. The normalized spacial score (nSPS) is 27.2. The molecule has 2 atom stereocenters. The summed E-state index contributed by atoms with van der Waals surface area (Å²) in [5.74, 6) is -0.970. The summed E-state index contributed by atoms with van der Waals surface area (Å²) in [5.41, 5.74) is 0. The Hall–Kier alpha value is -1.47. The lowest BCUT2D eigenvalue weighted by molar-refractivity contribution is -0.121. The molecule has 2 heterocycles.